The Morgan fingerprint density at radius 2 is 1.58 bits per heavy atom. The molecule has 0 aromatic heterocycles. The first-order valence-corrected chi connectivity index (χ1v) is 13.1. The van der Waals surface area contributed by atoms with Crippen molar-refractivity contribution >= 4 is 17.7 Å². The van der Waals surface area contributed by atoms with Crippen LogP contribution in [0.2, 0.25) is 0 Å². The fraction of sp³-hybridized carbons (Fsp3) is 0.483. The first kappa shape index (κ1) is 24.3. The first-order chi connectivity index (χ1) is 17.5. The molecule has 1 saturated heterocycles. The molecule has 2 aromatic carbocycles. The van der Waals surface area contributed by atoms with Crippen molar-refractivity contribution in [1.29, 1.82) is 0 Å². The van der Waals surface area contributed by atoms with Crippen molar-refractivity contribution in [3.8, 4) is 5.75 Å². The number of fused-ring (bicyclic) bond motifs is 1. The molecule has 190 valence electrons. The average Bonchev–Trinajstić information content (AvgIpc) is 2.93. The highest BCUT2D eigenvalue weighted by atomic mass is 16.5. The van der Waals surface area contributed by atoms with Gasteiger partial charge in [0.25, 0.3) is 5.91 Å². The molecule has 2 N–H and O–H groups in total. The van der Waals surface area contributed by atoms with Crippen molar-refractivity contribution in [1.82, 2.24) is 9.80 Å². The van der Waals surface area contributed by atoms with Crippen molar-refractivity contribution < 1.29 is 19.1 Å². The SMILES string of the molecule is COc1ccc(C2C(C(=O)N3CCC(C(N)=O)CC3)c3ccccc3C(=O)N2C2CCCCC2)cc1. The van der Waals surface area contributed by atoms with Crippen LogP contribution in [-0.4, -0.2) is 53.8 Å². The van der Waals surface area contributed by atoms with E-state index < -0.39 is 12.0 Å². The van der Waals surface area contributed by atoms with E-state index in [1.807, 2.05) is 58.3 Å². The Morgan fingerprint density at radius 1 is 0.917 bits per heavy atom. The number of rotatable bonds is 5. The van der Waals surface area contributed by atoms with Gasteiger partial charge in [0.05, 0.1) is 19.1 Å². The Bertz CT molecular complexity index is 1120. The molecule has 3 amide bonds. The molecule has 0 radical (unpaired) electrons. The third-order valence-corrected chi connectivity index (χ3v) is 8.28. The van der Waals surface area contributed by atoms with Gasteiger partial charge in [-0.25, -0.2) is 0 Å². The van der Waals surface area contributed by atoms with Gasteiger partial charge >= 0.3 is 0 Å². The van der Waals surface area contributed by atoms with Crippen LogP contribution in [0.1, 0.15) is 78.4 Å². The minimum absolute atomic E-state index is 0.00908. The Labute approximate surface area is 212 Å². The number of carbonyl (C=O) groups is 3. The number of carbonyl (C=O) groups excluding carboxylic acids is 3. The van der Waals surface area contributed by atoms with E-state index in [0.717, 1.165) is 42.6 Å². The Hall–Kier alpha value is -3.35. The van der Waals surface area contributed by atoms with Crippen molar-refractivity contribution in [3.05, 3.63) is 65.2 Å². The summed E-state index contributed by atoms with van der Waals surface area (Å²) in [4.78, 5) is 43.9. The molecule has 2 fully saturated rings. The maximum Gasteiger partial charge on any atom is 0.254 e. The number of amides is 3. The molecule has 1 saturated carbocycles. The summed E-state index contributed by atoms with van der Waals surface area (Å²) in [6.45, 7) is 0.996. The monoisotopic (exact) mass is 489 g/mol. The first-order valence-electron chi connectivity index (χ1n) is 13.1. The van der Waals surface area contributed by atoms with Crippen LogP contribution >= 0.6 is 0 Å². The van der Waals surface area contributed by atoms with Gasteiger partial charge in [-0.2, -0.15) is 0 Å². The van der Waals surface area contributed by atoms with Crippen LogP contribution in [0.3, 0.4) is 0 Å². The molecule has 2 aliphatic heterocycles. The van der Waals surface area contributed by atoms with E-state index in [2.05, 4.69) is 0 Å². The number of piperidine rings is 1. The third kappa shape index (κ3) is 4.47. The molecule has 7 heteroatoms. The van der Waals surface area contributed by atoms with Gasteiger partial charge in [0.2, 0.25) is 11.8 Å². The maximum atomic E-state index is 14.3. The highest BCUT2D eigenvalue weighted by Gasteiger charge is 2.48. The van der Waals surface area contributed by atoms with Gasteiger partial charge in [-0.05, 0) is 55.0 Å². The van der Waals surface area contributed by atoms with Gasteiger partial charge in [-0.1, -0.05) is 49.6 Å². The molecule has 2 atom stereocenters. The molecule has 5 rings (SSSR count). The second-order valence-electron chi connectivity index (χ2n) is 10.3. The smallest absolute Gasteiger partial charge is 0.254 e. The summed E-state index contributed by atoms with van der Waals surface area (Å²) in [5.41, 5.74) is 7.89. The summed E-state index contributed by atoms with van der Waals surface area (Å²) in [7, 11) is 1.63. The number of hydrogen-bond acceptors (Lipinski definition) is 4. The fourth-order valence-electron chi connectivity index (χ4n) is 6.31. The van der Waals surface area contributed by atoms with Crippen molar-refractivity contribution in [2.75, 3.05) is 20.2 Å². The number of benzene rings is 2. The van der Waals surface area contributed by atoms with Crippen molar-refractivity contribution in [2.24, 2.45) is 11.7 Å². The van der Waals surface area contributed by atoms with Crippen molar-refractivity contribution in [3.63, 3.8) is 0 Å². The second-order valence-corrected chi connectivity index (χ2v) is 10.3. The Kier molecular flexibility index (Phi) is 6.99. The molecule has 2 aromatic rings. The topological polar surface area (TPSA) is 92.9 Å². The summed E-state index contributed by atoms with van der Waals surface area (Å²) in [6, 6.07) is 15.1. The van der Waals surface area contributed by atoms with Gasteiger partial charge in [0.1, 0.15) is 5.75 Å². The van der Waals surface area contributed by atoms with Crippen LogP contribution in [0, 0.1) is 5.92 Å². The van der Waals surface area contributed by atoms with Gasteiger partial charge in [-0.15, -0.1) is 0 Å². The summed E-state index contributed by atoms with van der Waals surface area (Å²) >= 11 is 0. The van der Waals surface area contributed by atoms with E-state index in [4.69, 9.17) is 10.5 Å². The van der Waals surface area contributed by atoms with Crippen LogP contribution in [0.5, 0.6) is 5.75 Å². The summed E-state index contributed by atoms with van der Waals surface area (Å²) in [6.07, 6.45) is 6.41. The summed E-state index contributed by atoms with van der Waals surface area (Å²) < 4.78 is 5.38. The molecule has 36 heavy (non-hydrogen) atoms. The molecule has 1 aliphatic carbocycles. The average molecular weight is 490 g/mol. The Morgan fingerprint density at radius 3 is 2.22 bits per heavy atom. The number of nitrogens with two attached hydrogens (primary N) is 1. The normalized spacial score (nSPS) is 23.3. The van der Waals surface area contributed by atoms with Crippen LogP contribution in [-0.2, 0) is 9.59 Å². The number of primary amides is 1. The van der Waals surface area contributed by atoms with Crippen LogP contribution in [0.25, 0.3) is 0 Å². The van der Waals surface area contributed by atoms with E-state index in [9.17, 15) is 14.4 Å². The lowest BCUT2D eigenvalue weighted by molar-refractivity contribution is -0.138. The fourth-order valence-corrected chi connectivity index (χ4v) is 6.31. The summed E-state index contributed by atoms with van der Waals surface area (Å²) in [5.74, 6) is -0.240. The molecule has 0 bridgehead atoms. The molecule has 2 heterocycles. The minimum atomic E-state index is -0.514. The van der Waals surface area contributed by atoms with Gasteiger partial charge in [0, 0.05) is 30.6 Å². The molecule has 0 spiro atoms. The lowest BCUT2D eigenvalue weighted by Gasteiger charge is -2.48. The summed E-state index contributed by atoms with van der Waals surface area (Å²) in [5, 5.41) is 0. The van der Waals surface area contributed by atoms with Crippen LogP contribution in [0.15, 0.2) is 48.5 Å². The quantitative estimate of drug-likeness (QED) is 0.686. The molecular weight excluding hydrogens is 454 g/mol. The van der Waals surface area contributed by atoms with Crippen LogP contribution in [0.4, 0.5) is 0 Å². The minimum Gasteiger partial charge on any atom is -0.497 e. The zero-order chi connectivity index (χ0) is 25.2. The van der Waals surface area contributed by atoms with E-state index in [0.29, 0.717) is 31.5 Å². The Balaban J connectivity index is 1.59. The number of hydrogen-bond donors (Lipinski definition) is 1. The maximum absolute atomic E-state index is 14.3. The zero-order valence-corrected chi connectivity index (χ0v) is 20.9. The highest BCUT2D eigenvalue weighted by Crippen LogP contribution is 2.47. The predicted octanol–water partition coefficient (Wildman–Crippen LogP) is 4.03. The van der Waals surface area contributed by atoms with E-state index >= 15 is 0 Å². The standard InChI is InChI=1S/C29H35N3O4/c1-36-22-13-11-19(12-14-22)26-25(29(35)31-17-15-20(16-18-31)27(30)33)23-9-5-6-10-24(23)28(34)32(26)21-7-3-2-4-8-21/h5-6,9-14,20-21,25-26H,2-4,7-8,15-18H2,1H3,(H2,30,33). The zero-order valence-electron chi connectivity index (χ0n) is 20.9. The van der Waals surface area contributed by atoms with Gasteiger partial charge < -0.3 is 20.3 Å². The van der Waals surface area contributed by atoms with E-state index in [1.54, 1.807) is 7.11 Å². The lowest BCUT2D eigenvalue weighted by atomic mass is 9.76. The molecular formula is C29H35N3O4. The highest BCUT2D eigenvalue weighted by molar-refractivity contribution is 6.01. The van der Waals surface area contributed by atoms with Crippen LogP contribution < -0.4 is 10.5 Å². The van der Waals surface area contributed by atoms with Gasteiger partial charge in [-0.3, -0.25) is 14.4 Å². The molecule has 2 unspecified atom stereocenters. The largest absolute Gasteiger partial charge is 0.497 e. The second kappa shape index (κ2) is 10.3. The van der Waals surface area contributed by atoms with Gasteiger partial charge in [0.15, 0.2) is 0 Å². The number of nitrogens with zero attached hydrogens (tertiary/aromatic N) is 2. The third-order valence-electron chi connectivity index (χ3n) is 8.28. The molecule has 7 nitrogen and oxygen atoms in total. The number of ether oxygens (including phenoxy) is 1. The lowest BCUT2D eigenvalue weighted by Crippen LogP contribution is -2.53. The molecule has 3 aliphatic rings. The number of likely N-dealkylation sites (tertiary alicyclic amines) is 1. The number of methoxy groups -OCH3 is 1. The van der Waals surface area contributed by atoms with E-state index in [1.165, 1.54) is 6.42 Å². The predicted molar refractivity (Wildman–Crippen MR) is 136 cm³/mol. The van der Waals surface area contributed by atoms with Crippen molar-refractivity contribution in [2.45, 2.75) is 62.9 Å². The van der Waals surface area contributed by atoms with E-state index in [-0.39, 0.29) is 29.7 Å².